The molecule has 1 amide bonds. The lowest BCUT2D eigenvalue weighted by atomic mass is 10.2. The van der Waals surface area contributed by atoms with E-state index < -0.39 is 12.1 Å². The number of carboxylic acid groups (broad SMARTS) is 1. The number of amides is 1. The zero-order chi connectivity index (χ0) is 14.4. The van der Waals surface area contributed by atoms with E-state index in [2.05, 4.69) is 0 Å². The van der Waals surface area contributed by atoms with Crippen LogP contribution >= 0.6 is 0 Å². The first-order valence-electron chi connectivity index (χ1n) is 5.76. The summed E-state index contributed by atoms with van der Waals surface area (Å²) in [7, 11) is 5.26. The molecule has 19 heavy (non-hydrogen) atoms. The molecular formula is C13H18N2O4. The van der Waals surface area contributed by atoms with Crippen molar-refractivity contribution < 1.29 is 19.4 Å². The molecule has 0 aliphatic rings. The Morgan fingerprint density at radius 2 is 1.74 bits per heavy atom. The van der Waals surface area contributed by atoms with Gasteiger partial charge in [0.25, 0.3) is 0 Å². The average molecular weight is 266 g/mol. The molecule has 0 unspecified atom stereocenters. The second-order valence-corrected chi connectivity index (χ2v) is 4.37. The van der Waals surface area contributed by atoms with Crippen LogP contribution in [0.5, 0.6) is 0 Å². The summed E-state index contributed by atoms with van der Waals surface area (Å²) in [5.41, 5.74) is 1.90. The van der Waals surface area contributed by atoms with Crippen molar-refractivity contribution in [3.05, 3.63) is 29.8 Å². The van der Waals surface area contributed by atoms with E-state index in [1.54, 1.807) is 0 Å². The van der Waals surface area contributed by atoms with E-state index in [-0.39, 0.29) is 13.2 Å². The first-order valence-corrected chi connectivity index (χ1v) is 5.76. The fourth-order valence-electron chi connectivity index (χ4n) is 1.41. The molecule has 0 atom stereocenters. The fraction of sp³-hybridized carbons (Fsp3) is 0.385. The van der Waals surface area contributed by atoms with Crippen LogP contribution in [-0.2, 0) is 16.1 Å². The van der Waals surface area contributed by atoms with E-state index >= 15 is 0 Å². The molecule has 0 saturated heterocycles. The van der Waals surface area contributed by atoms with Gasteiger partial charge in [-0.1, -0.05) is 12.1 Å². The third-order valence-corrected chi connectivity index (χ3v) is 2.50. The molecule has 6 heteroatoms. The minimum absolute atomic E-state index is 0.122. The number of carbonyl (C=O) groups excluding carboxylic acids is 1. The van der Waals surface area contributed by atoms with Crippen LogP contribution in [0.15, 0.2) is 24.3 Å². The summed E-state index contributed by atoms with van der Waals surface area (Å²) in [6.45, 7) is -0.255. The fourth-order valence-corrected chi connectivity index (χ4v) is 1.41. The topological polar surface area (TPSA) is 70.1 Å². The quantitative estimate of drug-likeness (QED) is 0.872. The van der Waals surface area contributed by atoms with Gasteiger partial charge < -0.3 is 19.6 Å². The highest BCUT2D eigenvalue weighted by molar-refractivity contribution is 5.76. The Kier molecular flexibility index (Phi) is 5.17. The first-order chi connectivity index (χ1) is 8.90. The van der Waals surface area contributed by atoms with Gasteiger partial charge in [-0.25, -0.2) is 4.79 Å². The van der Waals surface area contributed by atoms with Gasteiger partial charge in [0.2, 0.25) is 0 Å². The standard InChI is InChI=1S/C13H18N2O4/c1-14(2)11-6-4-10(5-7-11)9-19-13(18)15(3)8-12(16)17/h4-7H,8-9H2,1-3H3,(H,16,17). The van der Waals surface area contributed by atoms with Crippen LogP contribution in [0.1, 0.15) is 5.56 Å². The normalized spacial score (nSPS) is 9.84. The lowest BCUT2D eigenvalue weighted by Crippen LogP contribution is -2.32. The number of nitrogens with zero attached hydrogens (tertiary/aromatic N) is 2. The molecule has 0 aliphatic heterocycles. The molecule has 0 bridgehead atoms. The maximum absolute atomic E-state index is 11.5. The van der Waals surface area contributed by atoms with E-state index in [1.807, 2.05) is 43.3 Å². The van der Waals surface area contributed by atoms with Crippen molar-refractivity contribution in [3.8, 4) is 0 Å². The molecule has 0 radical (unpaired) electrons. The summed E-state index contributed by atoms with van der Waals surface area (Å²) in [6.07, 6.45) is -0.654. The summed E-state index contributed by atoms with van der Waals surface area (Å²) in [5, 5.41) is 8.55. The van der Waals surface area contributed by atoms with Crippen LogP contribution < -0.4 is 4.90 Å². The molecule has 0 fully saturated rings. The van der Waals surface area contributed by atoms with Crippen LogP contribution in [0.2, 0.25) is 0 Å². The van der Waals surface area contributed by atoms with Crippen molar-refractivity contribution in [3.63, 3.8) is 0 Å². The number of likely N-dealkylation sites (N-methyl/N-ethyl adjacent to an activating group) is 1. The van der Waals surface area contributed by atoms with E-state index in [1.165, 1.54) is 7.05 Å². The minimum Gasteiger partial charge on any atom is -0.480 e. The molecular weight excluding hydrogens is 248 g/mol. The number of ether oxygens (including phenoxy) is 1. The Bertz CT molecular complexity index is 442. The molecule has 1 aromatic rings. The van der Waals surface area contributed by atoms with Crippen LogP contribution in [-0.4, -0.2) is 49.8 Å². The molecule has 0 saturated carbocycles. The predicted octanol–water partition coefficient (Wildman–Crippen LogP) is 1.41. The number of rotatable bonds is 5. The van der Waals surface area contributed by atoms with Gasteiger partial charge >= 0.3 is 12.1 Å². The van der Waals surface area contributed by atoms with Gasteiger partial charge in [0.1, 0.15) is 13.2 Å². The monoisotopic (exact) mass is 266 g/mol. The number of hydrogen-bond acceptors (Lipinski definition) is 4. The van der Waals surface area contributed by atoms with Gasteiger partial charge in [-0.3, -0.25) is 4.79 Å². The number of carboxylic acids is 1. The Hall–Kier alpha value is -2.24. The van der Waals surface area contributed by atoms with E-state index in [0.717, 1.165) is 16.2 Å². The molecule has 6 nitrogen and oxygen atoms in total. The highest BCUT2D eigenvalue weighted by Gasteiger charge is 2.13. The lowest BCUT2D eigenvalue weighted by Gasteiger charge is -2.15. The van der Waals surface area contributed by atoms with Gasteiger partial charge in [-0.2, -0.15) is 0 Å². The van der Waals surface area contributed by atoms with Crippen molar-refractivity contribution in [2.24, 2.45) is 0 Å². The molecule has 1 N–H and O–H groups in total. The Morgan fingerprint density at radius 3 is 2.21 bits per heavy atom. The van der Waals surface area contributed by atoms with E-state index in [9.17, 15) is 9.59 Å². The highest BCUT2D eigenvalue weighted by Crippen LogP contribution is 2.13. The third kappa shape index (κ3) is 4.87. The van der Waals surface area contributed by atoms with Gasteiger partial charge in [0.15, 0.2) is 0 Å². The highest BCUT2D eigenvalue weighted by atomic mass is 16.6. The summed E-state index contributed by atoms with van der Waals surface area (Å²) < 4.78 is 5.00. The van der Waals surface area contributed by atoms with Crippen LogP contribution in [0.25, 0.3) is 0 Å². The van der Waals surface area contributed by atoms with E-state index in [0.29, 0.717) is 0 Å². The van der Waals surface area contributed by atoms with E-state index in [4.69, 9.17) is 9.84 Å². The maximum Gasteiger partial charge on any atom is 0.410 e. The molecule has 0 spiro atoms. The number of carbonyl (C=O) groups is 2. The second kappa shape index (κ2) is 6.63. The largest absolute Gasteiger partial charge is 0.480 e. The van der Waals surface area contributed by atoms with Crippen LogP contribution in [0.3, 0.4) is 0 Å². The van der Waals surface area contributed by atoms with Crippen molar-refractivity contribution in [1.29, 1.82) is 0 Å². The van der Waals surface area contributed by atoms with Crippen LogP contribution in [0, 0.1) is 0 Å². The lowest BCUT2D eigenvalue weighted by molar-refractivity contribution is -0.137. The number of hydrogen-bond donors (Lipinski definition) is 1. The zero-order valence-corrected chi connectivity index (χ0v) is 11.3. The maximum atomic E-state index is 11.5. The van der Waals surface area contributed by atoms with Crippen molar-refractivity contribution in [2.45, 2.75) is 6.61 Å². The van der Waals surface area contributed by atoms with Crippen LogP contribution in [0.4, 0.5) is 10.5 Å². The Balaban J connectivity index is 2.48. The van der Waals surface area contributed by atoms with Gasteiger partial charge in [-0.05, 0) is 17.7 Å². The average Bonchev–Trinajstić information content (AvgIpc) is 2.35. The van der Waals surface area contributed by atoms with Gasteiger partial charge in [0.05, 0.1) is 0 Å². The predicted molar refractivity (Wildman–Crippen MR) is 71.2 cm³/mol. The molecule has 0 heterocycles. The molecule has 0 aliphatic carbocycles. The molecule has 0 aromatic heterocycles. The molecule has 104 valence electrons. The third-order valence-electron chi connectivity index (χ3n) is 2.50. The Morgan fingerprint density at radius 1 is 1.16 bits per heavy atom. The van der Waals surface area contributed by atoms with Crippen molar-refractivity contribution >= 4 is 17.7 Å². The number of benzene rings is 1. The van der Waals surface area contributed by atoms with Gasteiger partial charge in [-0.15, -0.1) is 0 Å². The number of aliphatic carboxylic acids is 1. The van der Waals surface area contributed by atoms with Crippen molar-refractivity contribution in [2.75, 3.05) is 32.6 Å². The number of anilines is 1. The molecule has 1 rings (SSSR count). The molecule has 1 aromatic carbocycles. The first kappa shape index (κ1) is 14.8. The minimum atomic E-state index is -1.07. The van der Waals surface area contributed by atoms with Crippen molar-refractivity contribution in [1.82, 2.24) is 4.90 Å². The SMILES string of the molecule is CN(CC(=O)O)C(=O)OCc1ccc(N(C)C)cc1. The summed E-state index contributed by atoms with van der Waals surface area (Å²) in [6, 6.07) is 7.56. The zero-order valence-electron chi connectivity index (χ0n) is 11.3. The van der Waals surface area contributed by atoms with Gasteiger partial charge in [0, 0.05) is 26.8 Å². The summed E-state index contributed by atoms with van der Waals surface area (Å²) in [4.78, 5) is 24.9. The second-order valence-electron chi connectivity index (χ2n) is 4.37. The smallest absolute Gasteiger partial charge is 0.410 e. The Labute approximate surface area is 112 Å². The summed E-state index contributed by atoms with van der Waals surface area (Å²) in [5.74, 6) is -1.07. The summed E-state index contributed by atoms with van der Waals surface area (Å²) >= 11 is 0.